The number of aromatic nitrogens is 2. The minimum atomic E-state index is 0.200. The van der Waals surface area contributed by atoms with Crippen molar-refractivity contribution >= 4 is 5.91 Å². The molecule has 4 rings (SSSR count). The van der Waals surface area contributed by atoms with Crippen molar-refractivity contribution in [2.24, 2.45) is 5.92 Å². The van der Waals surface area contributed by atoms with E-state index in [-0.39, 0.29) is 5.92 Å². The Morgan fingerprint density at radius 3 is 2.56 bits per heavy atom. The number of nitrogens with one attached hydrogen (secondary N) is 1. The van der Waals surface area contributed by atoms with E-state index in [0.29, 0.717) is 24.2 Å². The molecule has 0 aliphatic carbocycles. The Morgan fingerprint density at radius 1 is 1.15 bits per heavy atom. The van der Waals surface area contributed by atoms with Crippen LogP contribution >= 0.6 is 0 Å². The fourth-order valence-corrected chi connectivity index (χ4v) is 3.78. The molecular formula is C20H27N5O2. The molecule has 2 aliphatic rings. The molecule has 2 fully saturated rings. The summed E-state index contributed by atoms with van der Waals surface area (Å²) in [6.45, 7) is 7.85. The van der Waals surface area contributed by atoms with Gasteiger partial charge in [0.05, 0.1) is 6.54 Å². The van der Waals surface area contributed by atoms with Crippen LogP contribution < -0.4 is 5.32 Å². The first kappa shape index (κ1) is 18.1. The van der Waals surface area contributed by atoms with Gasteiger partial charge < -0.3 is 14.7 Å². The maximum atomic E-state index is 12.6. The van der Waals surface area contributed by atoms with Gasteiger partial charge in [0.1, 0.15) is 0 Å². The highest BCUT2D eigenvalue weighted by Crippen LogP contribution is 2.19. The summed E-state index contributed by atoms with van der Waals surface area (Å²) in [5.41, 5.74) is 2.17. The van der Waals surface area contributed by atoms with Crippen LogP contribution in [0.3, 0.4) is 0 Å². The molecule has 0 bridgehead atoms. The van der Waals surface area contributed by atoms with Crippen LogP contribution in [0.1, 0.15) is 24.3 Å². The predicted octanol–water partition coefficient (Wildman–Crippen LogP) is 1.69. The topological polar surface area (TPSA) is 74.5 Å². The molecule has 1 N–H and O–H groups in total. The third kappa shape index (κ3) is 4.36. The van der Waals surface area contributed by atoms with Crippen LogP contribution in [0.15, 0.2) is 28.8 Å². The number of piperazine rings is 1. The molecule has 0 unspecified atom stereocenters. The molecule has 0 atom stereocenters. The van der Waals surface area contributed by atoms with Gasteiger partial charge in [0, 0.05) is 37.7 Å². The van der Waals surface area contributed by atoms with Crippen molar-refractivity contribution in [3.8, 4) is 11.4 Å². The summed E-state index contributed by atoms with van der Waals surface area (Å²) in [4.78, 5) is 21.5. The number of amides is 1. The summed E-state index contributed by atoms with van der Waals surface area (Å²) >= 11 is 0. The van der Waals surface area contributed by atoms with E-state index < -0.39 is 0 Å². The Bertz CT molecular complexity index is 759. The van der Waals surface area contributed by atoms with Gasteiger partial charge >= 0.3 is 0 Å². The maximum absolute atomic E-state index is 12.6. The lowest BCUT2D eigenvalue weighted by atomic mass is 9.96. The third-order valence-electron chi connectivity index (χ3n) is 5.51. The average molecular weight is 369 g/mol. The molecule has 2 aliphatic heterocycles. The number of nitrogens with zero attached hydrogens (tertiary/aromatic N) is 4. The van der Waals surface area contributed by atoms with Gasteiger partial charge in [-0.3, -0.25) is 9.69 Å². The van der Waals surface area contributed by atoms with Crippen LogP contribution in [0, 0.1) is 12.8 Å². The summed E-state index contributed by atoms with van der Waals surface area (Å²) in [5.74, 6) is 1.79. The first-order chi connectivity index (χ1) is 13.2. The molecule has 27 heavy (non-hydrogen) atoms. The molecule has 0 radical (unpaired) electrons. The first-order valence-electron chi connectivity index (χ1n) is 9.80. The van der Waals surface area contributed by atoms with Crippen LogP contribution in [-0.4, -0.2) is 65.1 Å². The minimum absolute atomic E-state index is 0.200. The molecular weight excluding hydrogens is 342 g/mol. The van der Waals surface area contributed by atoms with Crippen molar-refractivity contribution < 1.29 is 9.32 Å². The lowest BCUT2D eigenvalue weighted by Crippen LogP contribution is -2.51. The van der Waals surface area contributed by atoms with Crippen molar-refractivity contribution in [3.63, 3.8) is 0 Å². The van der Waals surface area contributed by atoms with E-state index >= 15 is 0 Å². The molecule has 7 heteroatoms. The summed E-state index contributed by atoms with van der Waals surface area (Å²) in [7, 11) is 0. The van der Waals surface area contributed by atoms with Gasteiger partial charge in [0.25, 0.3) is 0 Å². The van der Waals surface area contributed by atoms with Gasteiger partial charge in [-0.1, -0.05) is 35.0 Å². The standard InChI is InChI=1S/C20H27N5O2/c1-15-2-4-16(5-3-15)19-22-18(27-23-19)14-24-10-12-25(13-11-24)20(26)17-6-8-21-9-7-17/h2-5,17,21H,6-14H2,1H3. The highest BCUT2D eigenvalue weighted by atomic mass is 16.5. The van der Waals surface area contributed by atoms with Crippen LogP contribution in [0.25, 0.3) is 11.4 Å². The van der Waals surface area contributed by atoms with Crippen LogP contribution in [-0.2, 0) is 11.3 Å². The monoisotopic (exact) mass is 369 g/mol. The van der Waals surface area contributed by atoms with E-state index in [9.17, 15) is 4.79 Å². The van der Waals surface area contributed by atoms with Crippen molar-refractivity contribution in [2.75, 3.05) is 39.3 Å². The number of carbonyl (C=O) groups is 1. The molecule has 3 heterocycles. The Kier molecular flexibility index (Phi) is 5.50. The van der Waals surface area contributed by atoms with Gasteiger partial charge in [0.15, 0.2) is 0 Å². The molecule has 2 aromatic rings. The predicted molar refractivity (Wildman–Crippen MR) is 102 cm³/mol. The Hall–Kier alpha value is -2.25. The Labute approximate surface area is 159 Å². The zero-order valence-corrected chi connectivity index (χ0v) is 15.9. The minimum Gasteiger partial charge on any atom is -0.340 e. The highest BCUT2D eigenvalue weighted by molar-refractivity contribution is 5.79. The van der Waals surface area contributed by atoms with E-state index in [1.165, 1.54) is 5.56 Å². The normalized spacial score (nSPS) is 19.4. The number of aryl methyl sites for hydroxylation is 1. The number of benzene rings is 1. The van der Waals surface area contributed by atoms with Crippen LogP contribution in [0.5, 0.6) is 0 Å². The quantitative estimate of drug-likeness (QED) is 0.884. The summed E-state index contributed by atoms with van der Waals surface area (Å²) in [6.07, 6.45) is 1.92. The molecule has 1 aromatic carbocycles. The zero-order valence-electron chi connectivity index (χ0n) is 15.9. The van der Waals surface area contributed by atoms with Gasteiger partial charge in [-0.05, 0) is 32.9 Å². The number of hydrogen-bond donors (Lipinski definition) is 1. The van der Waals surface area contributed by atoms with E-state index in [4.69, 9.17) is 4.52 Å². The highest BCUT2D eigenvalue weighted by Gasteiger charge is 2.28. The first-order valence-corrected chi connectivity index (χ1v) is 9.80. The molecule has 7 nitrogen and oxygen atoms in total. The summed E-state index contributed by atoms with van der Waals surface area (Å²) in [5, 5.41) is 7.42. The van der Waals surface area contributed by atoms with Crippen molar-refractivity contribution in [1.82, 2.24) is 25.3 Å². The van der Waals surface area contributed by atoms with Crippen molar-refractivity contribution in [2.45, 2.75) is 26.3 Å². The molecule has 1 amide bonds. The van der Waals surface area contributed by atoms with E-state index in [0.717, 1.165) is 57.7 Å². The van der Waals surface area contributed by atoms with E-state index in [1.807, 2.05) is 29.2 Å². The third-order valence-corrected chi connectivity index (χ3v) is 5.51. The Morgan fingerprint density at radius 2 is 1.85 bits per heavy atom. The fourth-order valence-electron chi connectivity index (χ4n) is 3.78. The van der Waals surface area contributed by atoms with Gasteiger partial charge in [-0.2, -0.15) is 4.98 Å². The smallest absolute Gasteiger partial charge is 0.241 e. The fraction of sp³-hybridized carbons (Fsp3) is 0.550. The van der Waals surface area contributed by atoms with Gasteiger partial charge in [0.2, 0.25) is 17.6 Å². The maximum Gasteiger partial charge on any atom is 0.241 e. The van der Waals surface area contributed by atoms with Gasteiger partial charge in [-0.25, -0.2) is 0 Å². The number of hydrogen-bond acceptors (Lipinski definition) is 6. The Balaban J connectivity index is 1.29. The molecule has 0 spiro atoms. The largest absolute Gasteiger partial charge is 0.340 e. The lowest BCUT2D eigenvalue weighted by Gasteiger charge is -2.36. The van der Waals surface area contributed by atoms with Crippen LogP contribution in [0.4, 0.5) is 0 Å². The van der Waals surface area contributed by atoms with E-state index in [2.05, 4.69) is 27.3 Å². The van der Waals surface area contributed by atoms with Crippen LogP contribution in [0.2, 0.25) is 0 Å². The number of rotatable bonds is 4. The summed E-state index contributed by atoms with van der Waals surface area (Å²) < 4.78 is 5.43. The molecule has 0 saturated carbocycles. The second-order valence-corrected chi connectivity index (χ2v) is 7.50. The average Bonchev–Trinajstić information content (AvgIpc) is 3.18. The number of carbonyl (C=O) groups excluding carboxylic acids is 1. The van der Waals surface area contributed by atoms with Crippen molar-refractivity contribution in [3.05, 3.63) is 35.7 Å². The van der Waals surface area contributed by atoms with E-state index in [1.54, 1.807) is 0 Å². The van der Waals surface area contributed by atoms with Crippen molar-refractivity contribution in [1.29, 1.82) is 0 Å². The second kappa shape index (κ2) is 8.19. The number of piperidine rings is 1. The SMILES string of the molecule is Cc1ccc(-c2noc(CN3CCN(C(=O)C4CCNCC4)CC3)n2)cc1. The second-order valence-electron chi connectivity index (χ2n) is 7.50. The molecule has 1 aromatic heterocycles. The lowest BCUT2D eigenvalue weighted by molar-refractivity contribution is -0.138. The molecule has 144 valence electrons. The molecule has 2 saturated heterocycles. The van der Waals surface area contributed by atoms with Gasteiger partial charge in [-0.15, -0.1) is 0 Å². The zero-order chi connectivity index (χ0) is 18.6. The summed E-state index contributed by atoms with van der Waals surface area (Å²) in [6, 6.07) is 8.11.